The van der Waals surface area contributed by atoms with Gasteiger partial charge in [0.25, 0.3) is 5.91 Å². The summed E-state index contributed by atoms with van der Waals surface area (Å²) in [4.78, 5) is 33.1. The molecule has 2 atom stereocenters. The van der Waals surface area contributed by atoms with Crippen LogP contribution in [0.2, 0.25) is 0 Å². The van der Waals surface area contributed by atoms with Gasteiger partial charge in [0.15, 0.2) is 11.5 Å². The average Bonchev–Trinajstić information content (AvgIpc) is 3.21. The summed E-state index contributed by atoms with van der Waals surface area (Å²) in [5, 5.41) is 6.12. The summed E-state index contributed by atoms with van der Waals surface area (Å²) in [6.07, 6.45) is 3.12. The standard InChI is InChI=1S/C21H20F3N7O/c1-12-18(28-11-16(29-12)21(22,23)24)30-14-6-2-7-15(14)31-20(32)17-13(5-3-8-25-17)19-26-9-4-10-27-19/h3-5,8-11,14-15H,2,6-7H2,1H3,(H,28,30)(H,31,32)/t14-,15?/m0/s1. The maximum atomic E-state index is 13.0. The molecule has 1 unspecified atom stereocenters. The van der Waals surface area contributed by atoms with E-state index in [4.69, 9.17) is 0 Å². The molecule has 0 aromatic carbocycles. The molecule has 0 bridgehead atoms. The van der Waals surface area contributed by atoms with Gasteiger partial charge in [0.05, 0.1) is 17.5 Å². The number of halogens is 3. The number of carbonyl (C=O) groups is 1. The maximum Gasteiger partial charge on any atom is 0.434 e. The number of nitrogens with zero attached hydrogens (tertiary/aromatic N) is 5. The van der Waals surface area contributed by atoms with E-state index in [-0.39, 0.29) is 35.2 Å². The van der Waals surface area contributed by atoms with Gasteiger partial charge < -0.3 is 10.6 Å². The highest BCUT2D eigenvalue weighted by Crippen LogP contribution is 2.29. The Labute approximate surface area is 181 Å². The number of amides is 1. The van der Waals surface area contributed by atoms with Crippen LogP contribution in [-0.4, -0.2) is 42.9 Å². The molecule has 0 radical (unpaired) electrons. The fourth-order valence-corrected chi connectivity index (χ4v) is 3.68. The molecule has 8 nitrogen and oxygen atoms in total. The highest BCUT2D eigenvalue weighted by Gasteiger charge is 2.34. The number of alkyl halides is 3. The number of aryl methyl sites for hydroxylation is 1. The van der Waals surface area contributed by atoms with Crippen LogP contribution in [0.4, 0.5) is 19.0 Å². The number of carbonyl (C=O) groups excluding carboxylic acids is 1. The van der Waals surface area contributed by atoms with Crippen molar-refractivity contribution in [3.8, 4) is 11.4 Å². The van der Waals surface area contributed by atoms with Crippen molar-refractivity contribution < 1.29 is 18.0 Å². The van der Waals surface area contributed by atoms with Crippen LogP contribution in [0.15, 0.2) is 43.0 Å². The van der Waals surface area contributed by atoms with Gasteiger partial charge in [-0.3, -0.25) is 9.78 Å². The number of aromatic nitrogens is 5. The van der Waals surface area contributed by atoms with E-state index in [1.807, 2.05) is 0 Å². The number of nitrogens with one attached hydrogen (secondary N) is 2. The Morgan fingerprint density at radius 1 is 1.03 bits per heavy atom. The van der Waals surface area contributed by atoms with Crippen molar-refractivity contribution >= 4 is 11.7 Å². The van der Waals surface area contributed by atoms with E-state index in [0.29, 0.717) is 24.0 Å². The smallest absolute Gasteiger partial charge is 0.364 e. The molecular weight excluding hydrogens is 423 g/mol. The van der Waals surface area contributed by atoms with Crippen molar-refractivity contribution in [1.82, 2.24) is 30.2 Å². The molecule has 3 heterocycles. The molecule has 1 saturated carbocycles. The number of hydrogen-bond donors (Lipinski definition) is 2. The fourth-order valence-electron chi connectivity index (χ4n) is 3.68. The molecule has 1 fully saturated rings. The zero-order valence-electron chi connectivity index (χ0n) is 17.1. The zero-order valence-corrected chi connectivity index (χ0v) is 17.1. The Morgan fingerprint density at radius 2 is 1.75 bits per heavy atom. The fraction of sp³-hybridized carbons (Fsp3) is 0.333. The summed E-state index contributed by atoms with van der Waals surface area (Å²) in [6.45, 7) is 1.47. The van der Waals surface area contributed by atoms with Crippen molar-refractivity contribution in [1.29, 1.82) is 0 Å². The van der Waals surface area contributed by atoms with E-state index in [2.05, 4.69) is 35.6 Å². The van der Waals surface area contributed by atoms with Crippen LogP contribution in [0.25, 0.3) is 11.4 Å². The van der Waals surface area contributed by atoms with Gasteiger partial charge in [-0.15, -0.1) is 0 Å². The third-order valence-electron chi connectivity index (χ3n) is 5.22. The summed E-state index contributed by atoms with van der Waals surface area (Å²) in [7, 11) is 0. The first-order valence-corrected chi connectivity index (χ1v) is 10.0. The summed E-state index contributed by atoms with van der Waals surface area (Å²) < 4.78 is 38.5. The molecule has 3 aromatic heterocycles. The van der Waals surface area contributed by atoms with E-state index < -0.39 is 11.9 Å². The van der Waals surface area contributed by atoms with E-state index in [1.165, 1.54) is 13.1 Å². The molecule has 1 amide bonds. The quantitative estimate of drug-likeness (QED) is 0.622. The van der Waals surface area contributed by atoms with E-state index >= 15 is 0 Å². The minimum Gasteiger partial charge on any atom is -0.364 e. The van der Waals surface area contributed by atoms with E-state index in [9.17, 15) is 18.0 Å². The molecule has 1 aliphatic carbocycles. The van der Waals surface area contributed by atoms with Gasteiger partial charge in [-0.2, -0.15) is 13.2 Å². The monoisotopic (exact) mass is 443 g/mol. The highest BCUT2D eigenvalue weighted by atomic mass is 19.4. The lowest BCUT2D eigenvalue weighted by Gasteiger charge is -2.23. The molecule has 4 rings (SSSR count). The van der Waals surface area contributed by atoms with Gasteiger partial charge >= 0.3 is 6.18 Å². The Kier molecular flexibility index (Phi) is 5.97. The maximum absolute atomic E-state index is 13.0. The van der Waals surface area contributed by atoms with Gasteiger partial charge in [0.2, 0.25) is 0 Å². The lowest BCUT2D eigenvalue weighted by molar-refractivity contribution is -0.141. The minimum atomic E-state index is -4.55. The number of hydrogen-bond acceptors (Lipinski definition) is 7. The van der Waals surface area contributed by atoms with Crippen molar-refractivity contribution in [2.24, 2.45) is 0 Å². The van der Waals surface area contributed by atoms with Crippen molar-refractivity contribution in [3.05, 3.63) is 60.1 Å². The Hall–Kier alpha value is -3.63. The molecule has 11 heteroatoms. The first-order valence-electron chi connectivity index (χ1n) is 10.0. The lowest BCUT2D eigenvalue weighted by Crippen LogP contribution is -2.44. The van der Waals surface area contributed by atoms with Crippen LogP contribution in [-0.2, 0) is 6.18 Å². The van der Waals surface area contributed by atoms with E-state index in [1.54, 1.807) is 30.6 Å². The van der Waals surface area contributed by atoms with E-state index in [0.717, 1.165) is 12.8 Å². The SMILES string of the molecule is Cc1nc(C(F)(F)F)cnc1N[C@H]1CCCC1NC(=O)c1ncccc1-c1ncccn1. The summed E-state index contributed by atoms with van der Waals surface area (Å²) in [5.74, 6) is 0.282. The van der Waals surface area contributed by atoms with Gasteiger partial charge in [-0.1, -0.05) is 0 Å². The third-order valence-corrected chi connectivity index (χ3v) is 5.22. The lowest BCUT2D eigenvalue weighted by atomic mass is 10.1. The molecule has 0 spiro atoms. The third kappa shape index (κ3) is 4.66. The van der Waals surface area contributed by atoms with Crippen LogP contribution >= 0.6 is 0 Å². The van der Waals surface area contributed by atoms with Gasteiger partial charge in [-0.25, -0.2) is 19.9 Å². The Morgan fingerprint density at radius 3 is 2.47 bits per heavy atom. The van der Waals surface area contributed by atoms with Crippen LogP contribution in [0.1, 0.15) is 41.1 Å². The molecule has 3 aromatic rings. The summed E-state index contributed by atoms with van der Waals surface area (Å²) in [6, 6.07) is 4.65. The second kappa shape index (κ2) is 8.85. The van der Waals surface area contributed by atoms with Gasteiger partial charge in [-0.05, 0) is 44.4 Å². The average molecular weight is 443 g/mol. The second-order valence-corrected chi connectivity index (χ2v) is 7.42. The van der Waals surface area contributed by atoms with Crippen LogP contribution in [0, 0.1) is 6.92 Å². The number of anilines is 1. The Bertz CT molecular complexity index is 1110. The van der Waals surface area contributed by atoms with Crippen LogP contribution in [0.5, 0.6) is 0 Å². The highest BCUT2D eigenvalue weighted by molar-refractivity contribution is 5.98. The predicted octanol–water partition coefficient (Wildman–Crippen LogP) is 3.42. The molecule has 2 N–H and O–H groups in total. The van der Waals surface area contributed by atoms with Gasteiger partial charge in [0.1, 0.15) is 11.5 Å². The Balaban J connectivity index is 1.49. The minimum absolute atomic E-state index is 0.144. The zero-order chi connectivity index (χ0) is 22.7. The van der Waals surface area contributed by atoms with Crippen molar-refractivity contribution in [2.75, 3.05) is 5.32 Å². The summed E-state index contributed by atoms with van der Waals surface area (Å²) in [5.41, 5.74) is -0.180. The van der Waals surface area contributed by atoms with Crippen LogP contribution < -0.4 is 10.6 Å². The van der Waals surface area contributed by atoms with Crippen molar-refractivity contribution in [3.63, 3.8) is 0 Å². The molecule has 0 saturated heterocycles. The molecule has 32 heavy (non-hydrogen) atoms. The predicted molar refractivity (Wildman–Crippen MR) is 110 cm³/mol. The number of rotatable bonds is 5. The normalized spacial score (nSPS) is 18.4. The summed E-state index contributed by atoms with van der Waals surface area (Å²) >= 11 is 0. The molecule has 0 aliphatic heterocycles. The molecule has 1 aliphatic rings. The largest absolute Gasteiger partial charge is 0.434 e. The van der Waals surface area contributed by atoms with Crippen LogP contribution in [0.3, 0.4) is 0 Å². The van der Waals surface area contributed by atoms with Crippen molar-refractivity contribution in [2.45, 2.75) is 44.4 Å². The van der Waals surface area contributed by atoms with Gasteiger partial charge in [0, 0.05) is 30.7 Å². The topological polar surface area (TPSA) is 106 Å². The molecule has 166 valence electrons. The first-order chi connectivity index (χ1) is 15.3. The first kappa shape index (κ1) is 21.6. The molecular formula is C21H20F3N7O. The second-order valence-electron chi connectivity index (χ2n) is 7.42. The number of pyridine rings is 1.